The van der Waals surface area contributed by atoms with Crippen molar-refractivity contribution >= 4 is 81.4 Å². The zero-order chi connectivity index (χ0) is 32.0. The van der Waals surface area contributed by atoms with Crippen molar-refractivity contribution in [1.29, 1.82) is 0 Å². The second-order valence-corrected chi connectivity index (χ2v) is 13.4. The Morgan fingerprint density at radius 2 is 1.69 bits per heavy atom. The molecule has 4 aromatic rings. The van der Waals surface area contributed by atoms with E-state index in [1.165, 1.54) is 28.8 Å². The number of carbonyl (C=O) groups excluding carboxylic acids is 4. The third kappa shape index (κ3) is 5.58. The minimum Gasteiger partial charge on any atom is -0.462 e. The van der Waals surface area contributed by atoms with Crippen molar-refractivity contribution < 1.29 is 23.9 Å². The molecule has 13 heteroatoms. The second kappa shape index (κ2) is 12.5. The van der Waals surface area contributed by atoms with E-state index >= 15 is 0 Å². The number of anilines is 2. The van der Waals surface area contributed by atoms with Crippen molar-refractivity contribution in [2.75, 3.05) is 16.8 Å². The molecule has 6 rings (SSSR count). The number of nitrogens with one attached hydrogen (secondary N) is 1. The Hall–Kier alpha value is -3.90. The van der Waals surface area contributed by atoms with Crippen LogP contribution in [0.25, 0.3) is 0 Å². The highest BCUT2D eigenvalue weighted by molar-refractivity contribution is 8.00. The normalized spacial score (nSPS) is 18.8. The van der Waals surface area contributed by atoms with E-state index < -0.39 is 45.6 Å². The van der Waals surface area contributed by atoms with Gasteiger partial charge in [-0.25, -0.2) is 9.69 Å². The lowest BCUT2D eigenvalue weighted by Crippen LogP contribution is -2.33. The predicted molar refractivity (Wildman–Crippen MR) is 175 cm³/mol. The van der Waals surface area contributed by atoms with Crippen LogP contribution in [-0.4, -0.2) is 40.1 Å². The highest BCUT2D eigenvalue weighted by Crippen LogP contribution is 2.55. The summed E-state index contributed by atoms with van der Waals surface area (Å²) in [5.41, 5.74) is 2.56. The molecule has 0 spiro atoms. The maximum absolute atomic E-state index is 14.1. The summed E-state index contributed by atoms with van der Waals surface area (Å²) in [5.74, 6) is -3.58. The van der Waals surface area contributed by atoms with Gasteiger partial charge in [-0.3, -0.25) is 23.7 Å². The molecule has 3 aromatic carbocycles. The van der Waals surface area contributed by atoms with Gasteiger partial charge in [-0.05, 0) is 61.4 Å². The zero-order valence-electron chi connectivity index (χ0n) is 23.9. The van der Waals surface area contributed by atoms with Crippen molar-refractivity contribution in [3.63, 3.8) is 0 Å². The molecule has 0 saturated carbocycles. The van der Waals surface area contributed by atoms with Crippen LogP contribution in [0.4, 0.5) is 11.4 Å². The quantitative estimate of drug-likeness (QED) is 0.184. The highest BCUT2D eigenvalue weighted by atomic mass is 35.5. The van der Waals surface area contributed by atoms with Gasteiger partial charge in [0.2, 0.25) is 17.7 Å². The van der Waals surface area contributed by atoms with Gasteiger partial charge in [0.15, 0.2) is 0 Å². The van der Waals surface area contributed by atoms with Crippen LogP contribution in [0, 0.1) is 12.8 Å². The number of hydrogen-bond acceptors (Lipinski definition) is 8. The van der Waals surface area contributed by atoms with Gasteiger partial charge in [-0.2, -0.15) is 0 Å². The number of rotatable bonds is 7. The first-order chi connectivity index (χ1) is 21.6. The van der Waals surface area contributed by atoms with Gasteiger partial charge >= 0.3 is 10.8 Å². The molecule has 1 saturated heterocycles. The summed E-state index contributed by atoms with van der Waals surface area (Å²) in [7, 11) is 0. The molecular formula is C32H25Cl2N3O6S2. The van der Waals surface area contributed by atoms with Gasteiger partial charge in [-0.15, -0.1) is 0 Å². The smallest absolute Gasteiger partial charge is 0.338 e. The third-order valence-corrected chi connectivity index (χ3v) is 11.2. The minimum absolute atomic E-state index is 0.209. The topological polar surface area (TPSA) is 115 Å². The number of imide groups is 1. The molecule has 1 fully saturated rings. The fraction of sp³-hybridized carbons (Fsp3) is 0.219. The van der Waals surface area contributed by atoms with Gasteiger partial charge in [0.05, 0.1) is 38.8 Å². The molecule has 45 heavy (non-hydrogen) atoms. The van der Waals surface area contributed by atoms with E-state index in [-0.39, 0.29) is 28.8 Å². The van der Waals surface area contributed by atoms with Gasteiger partial charge in [0, 0.05) is 16.5 Å². The fourth-order valence-corrected chi connectivity index (χ4v) is 8.80. The molecule has 0 radical (unpaired) electrons. The number of hydrogen-bond donors (Lipinski definition) is 1. The van der Waals surface area contributed by atoms with Crippen LogP contribution in [0.3, 0.4) is 0 Å². The summed E-state index contributed by atoms with van der Waals surface area (Å²) < 4.78 is 6.38. The van der Waals surface area contributed by atoms with Crippen LogP contribution in [0.15, 0.2) is 76.6 Å². The maximum Gasteiger partial charge on any atom is 0.338 e. The van der Waals surface area contributed by atoms with Crippen molar-refractivity contribution in [2.45, 2.75) is 36.6 Å². The standard InChI is InChI=1S/C32H25Cl2N3O6S2/c1-3-43-31(41)17-11-13-18(14-12-17)37-28(39)24-23(19-8-6-9-20(33)25(19)34)27-30(44-26(24)29(37)40)36(32(42)45-27)15-22(38)35-21-10-5-4-7-16(21)2/h4-14,23-24,26H,3,15H2,1-2H3,(H,35,38). The molecule has 3 atom stereocenters. The van der Waals surface area contributed by atoms with Crippen molar-refractivity contribution in [1.82, 2.24) is 4.57 Å². The average Bonchev–Trinajstić information content (AvgIpc) is 3.46. The summed E-state index contributed by atoms with van der Waals surface area (Å²) >= 11 is 15.1. The Balaban J connectivity index is 1.40. The Morgan fingerprint density at radius 3 is 2.40 bits per heavy atom. The number of para-hydroxylation sites is 1. The molecule has 3 amide bonds. The zero-order valence-corrected chi connectivity index (χ0v) is 27.1. The van der Waals surface area contributed by atoms with Crippen LogP contribution < -0.4 is 15.1 Å². The summed E-state index contributed by atoms with van der Waals surface area (Å²) in [6, 6.07) is 18.4. The second-order valence-electron chi connectivity index (χ2n) is 10.5. The van der Waals surface area contributed by atoms with Crippen LogP contribution in [0.1, 0.15) is 39.2 Å². The molecule has 230 valence electrons. The number of halogens is 2. The molecular weight excluding hydrogens is 657 g/mol. The first kappa shape index (κ1) is 31.1. The Bertz CT molecular complexity index is 1920. The largest absolute Gasteiger partial charge is 0.462 e. The van der Waals surface area contributed by atoms with E-state index in [2.05, 4.69) is 5.32 Å². The Kier molecular flexibility index (Phi) is 8.62. The number of thiazole rings is 1. The predicted octanol–water partition coefficient (Wildman–Crippen LogP) is 6.14. The lowest BCUT2D eigenvalue weighted by atomic mass is 9.83. The summed E-state index contributed by atoms with van der Waals surface area (Å²) in [6.45, 7) is 3.48. The SMILES string of the molecule is CCOC(=O)c1ccc(N2C(=O)C3Sc4c(sc(=O)n4CC(=O)Nc4ccccc4C)C(c4cccc(Cl)c4Cl)C3C2=O)cc1. The maximum atomic E-state index is 14.1. The average molecular weight is 683 g/mol. The minimum atomic E-state index is -0.922. The third-order valence-electron chi connectivity index (χ3n) is 7.72. The molecule has 2 aliphatic rings. The molecule has 0 aliphatic carbocycles. The number of ether oxygens (including phenoxy) is 1. The van der Waals surface area contributed by atoms with E-state index in [0.29, 0.717) is 26.8 Å². The van der Waals surface area contributed by atoms with Crippen LogP contribution in [0.5, 0.6) is 0 Å². The van der Waals surface area contributed by atoms with E-state index in [9.17, 15) is 24.0 Å². The summed E-state index contributed by atoms with van der Waals surface area (Å²) in [6.07, 6.45) is 0. The highest BCUT2D eigenvalue weighted by Gasteiger charge is 2.57. The number of aromatic nitrogens is 1. The van der Waals surface area contributed by atoms with E-state index in [1.54, 1.807) is 37.3 Å². The van der Waals surface area contributed by atoms with Crippen molar-refractivity contribution in [3.8, 4) is 0 Å². The van der Waals surface area contributed by atoms with Crippen LogP contribution in [-0.2, 0) is 25.7 Å². The van der Waals surface area contributed by atoms with Gasteiger partial charge < -0.3 is 10.1 Å². The molecule has 1 aromatic heterocycles. The Labute approximate surface area is 276 Å². The number of amides is 3. The van der Waals surface area contributed by atoms with Crippen molar-refractivity contribution in [2.24, 2.45) is 5.92 Å². The Morgan fingerprint density at radius 1 is 0.956 bits per heavy atom. The molecule has 0 bridgehead atoms. The lowest BCUT2D eigenvalue weighted by molar-refractivity contribution is -0.122. The number of thioether (sulfide) groups is 1. The van der Waals surface area contributed by atoms with Crippen LogP contribution >= 0.6 is 46.3 Å². The van der Waals surface area contributed by atoms with E-state index in [0.717, 1.165) is 33.6 Å². The van der Waals surface area contributed by atoms with Gasteiger partial charge in [0.1, 0.15) is 11.8 Å². The first-order valence-corrected chi connectivity index (χ1v) is 16.4. The van der Waals surface area contributed by atoms with E-state index in [1.807, 2.05) is 19.1 Å². The first-order valence-electron chi connectivity index (χ1n) is 13.9. The molecule has 2 aliphatic heterocycles. The molecule has 1 N–H and O–H groups in total. The number of esters is 1. The monoisotopic (exact) mass is 681 g/mol. The number of nitrogens with zero attached hydrogens (tertiary/aromatic N) is 2. The van der Waals surface area contributed by atoms with Gasteiger partial charge in [0.25, 0.3) is 0 Å². The van der Waals surface area contributed by atoms with Crippen molar-refractivity contribution in [3.05, 3.63) is 108 Å². The molecule has 3 unspecified atom stereocenters. The number of aryl methyl sites for hydroxylation is 1. The summed E-state index contributed by atoms with van der Waals surface area (Å²) in [5, 5.41) is 2.82. The number of carbonyl (C=O) groups is 4. The fourth-order valence-electron chi connectivity index (χ4n) is 5.61. The molecule has 9 nitrogen and oxygen atoms in total. The van der Waals surface area contributed by atoms with Crippen LogP contribution in [0.2, 0.25) is 10.0 Å². The van der Waals surface area contributed by atoms with E-state index in [4.69, 9.17) is 27.9 Å². The summed E-state index contributed by atoms with van der Waals surface area (Å²) in [4.78, 5) is 68.1. The molecule has 3 heterocycles. The van der Waals surface area contributed by atoms with Gasteiger partial charge in [-0.1, -0.05) is 76.6 Å². The number of fused-ring (bicyclic) bond motifs is 2. The lowest BCUT2D eigenvalue weighted by Gasteiger charge is -2.31. The number of benzene rings is 3.